The van der Waals surface area contributed by atoms with Crippen molar-refractivity contribution in [3.05, 3.63) is 66.1 Å². The molecule has 40 heavy (non-hydrogen) atoms. The molecule has 4 heterocycles. The van der Waals surface area contributed by atoms with E-state index in [1.54, 1.807) is 18.2 Å². The van der Waals surface area contributed by atoms with Gasteiger partial charge in [-0.05, 0) is 68.1 Å². The first-order valence-corrected chi connectivity index (χ1v) is 15.7. The van der Waals surface area contributed by atoms with E-state index >= 15 is 4.39 Å². The van der Waals surface area contributed by atoms with Crippen LogP contribution in [-0.4, -0.2) is 72.6 Å². The predicted molar refractivity (Wildman–Crippen MR) is 157 cm³/mol. The maximum atomic E-state index is 15.6. The Hall–Kier alpha value is -3.27. The molecule has 6 rings (SSSR count). The van der Waals surface area contributed by atoms with Gasteiger partial charge >= 0.3 is 0 Å². The third kappa shape index (κ3) is 4.80. The molecule has 2 bridgehead atoms. The number of nitrogens with zero attached hydrogens (tertiary/aromatic N) is 4. The molecule has 2 aromatic carbocycles. The number of aliphatic hydroxyl groups excluding tert-OH is 1. The molecule has 2 aliphatic rings. The fraction of sp³-hybridized carbons (Fsp3) is 0.387. The maximum absolute atomic E-state index is 15.6. The van der Waals surface area contributed by atoms with Gasteiger partial charge in [-0.3, -0.25) is 9.88 Å². The summed E-state index contributed by atoms with van der Waals surface area (Å²) in [4.78, 5) is 9.78. The number of aliphatic hydroxyl groups is 1. The van der Waals surface area contributed by atoms with Gasteiger partial charge in [0.25, 0.3) is 0 Å². The van der Waals surface area contributed by atoms with E-state index in [-0.39, 0.29) is 17.3 Å². The van der Waals surface area contributed by atoms with Gasteiger partial charge in [0.1, 0.15) is 5.82 Å². The average molecular weight is 563 g/mol. The van der Waals surface area contributed by atoms with Crippen molar-refractivity contribution in [3.63, 3.8) is 0 Å². The molecule has 210 valence electrons. The molecule has 0 saturated carbocycles. The molecule has 7 nitrogen and oxygen atoms in total. The number of hydrogen-bond donors (Lipinski definition) is 1. The molecule has 4 aromatic rings. The van der Waals surface area contributed by atoms with Crippen molar-refractivity contribution < 1.29 is 17.9 Å². The minimum absolute atomic E-state index is 0.206. The maximum Gasteiger partial charge on any atom is 0.175 e. The number of fused-ring (bicyclic) bond motifs is 3. The Labute approximate surface area is 234 Å². The molecule has 0 spiro atoms. The third-order valence-electron chi connectivity index (χ3n) is 8.60. The molecule has 0 aliphatic carbocycles. The van der Waals surface area contributed by atoms with Crippen molar-refractivity contribution in [1.29, 1.82) is 0 Å². The third-order valence-corrected chi connectivity index (χ3v) is 9.73. The largest absolute Gasteiger partial charge is 0.396 e. The van der Waals surface area contributed by atoms with Crippen LogP contribution < -0.4 is 4.90 Å². The highest BCUT2D eigenvalue weighted by molar-refractivity contribution is 7.90. The van der Waals surface area contributed by atoms with Crippen molar-refractivity contribution in [1.82, 2.24) is 14.5 Å². The van der Waals surface area contributed by atoms with E-state index in [4.69, 9.17) is 4.98 Å². The van der Waals surface area contributed by atoms with E-state index in [0.29, 0.717) is 23.5 Å². The van der Waals surface area contributed by atoms with E-state index < -0.39 is 9.84 Å². The Morgan fingerprint density at radius 2 is 1.68 bits per heavy atom. The SMILES string of the molecule is Cc1nc(-c2ccc(N3CC4CCC(C3)N4CCCO)c(F)c2)cc2c1cc(-c1ccc(S(C)(=O)=O)cc1)n2C. The van der Waals surface area contributed by atoms with Gasteiger partial charge in [0.15, 0.2) is 9.84 Å². The Morgan fingerprint density at radius 3 is 2.30 bits per heavy atom. The van der Waals surface area contributed by atoms with Crippen LogP contribution in [0.4, 0.5) is 10.1 Å². The number of hydrogen-bond acceptors (Lipinski definition) is 6. The van der Waals surface area contributed by atoms with Crippen molar-refractivity contribution in [3.8, 4) is 22.5 Å². The summed E-state index contributed by atoms with van der Waals surface area (Å²) in [5.74, 6) is -0.237. The highest BCUT2D eigenvalue weighted by atomic mass is 32.2. The molecule has 1 N–H and O–H groups in total. The van der Waals surface area contributed by atoms with Gasteiger partial charge in [-0.1, -0.05) is 18.2 Å². The zero-order valence-corrected chi connectivity index (χ0v) is 24.0. The van der Waals surface area contributed by atoms with E-state index in [0.717, 1.165) is 72.3 Å². The lowest BCUT2D eigenvalue weighted by atomic mass is 10.1. The van der Waals surface area contributed by atoms with E-state index in [9.17, 15) is 13.5 Å². The lowest BCUT2D eigenvalue weighted by molar-refractivity contribution is 0.152. The second-order valence-electron chi connectivity index (χ2n) is 11.2. The van der Waals surface area contributed by atoms with Crippen LogP contribution in [0.15, 0.2) is 59.5 Å². The molecule has 9 heteroatoms. The molecule has 0 radical (unpaired) electrons. The lowest BCUT2D eigenvalue weighted by Gasteiger charge is -2.42. The minimum Gasteiger partial charge on any atom is -0.396 e. The standard InChI is InChI=1S/C31H35FN4O3S/c1-20-26-16-30(21-5-10-25(11-6-21)40(3,38)39)34(2)31(26)17-28(33-20)22-7-12-29(27(32)15-22)35-18-23-8-9-24(19-35)36(23)13-4-14-37/h5-7,10-12,15-17,23-24,37H,4,8-9,13-14,18-19H2,1-3H3. The Bertz CT molecular complexity index is 1670. The van der Waals surface area contributed by atoms with Crippen LogP contribution in [0.2, 0.25) is 0 Å². The van der Waals surface area contributed by atoms with Crippen LogP contribution in [0, 0.1) is 12.7 Å². The van der Waals surface area contributed by atoms with Crippen molar-refractivity contribution in [2.24, 2.45) is 7.05 Å². The highest BCUT2D eigenvalue weighted by Crippen LogP contribution is 2.36. The van der Waals surface area contributed by atoms with Crippen LogP contribution in [-0.2, 0) is 16.9 Å². The summed E-state index contributed by atoms with van der Waals surface area (Å²) in [7, 11) is -1.29. The van der Waals surface area contributed by atoms with E-state index in [1.807, 2.05) is 44.3 Å². The Balaban J connectivity index is 1.28. The fourth-order valence-electron chi connectivity index (χ4n) is 6.51. The summed E-state index contributed by atoms with van der Waals surface area (Å²) in [6.45, 7) is 4.68. The average Bonchev–Trinajstić information content (AvgIpc) is 3.38. The van der Waals surface area contributed by atoms with Gasteiger partial charge in [-0.2, -0.15) is 0 Å². The van der Waals surface area contributed by atoms with Crippen molar-refractivity contribution >= 4 is 26.4 Å². The van der Waals surface area contributed by atoms with E-state index in [1.165, 1.54) is 6.26 Å². The molecule has 2 aromatic heterocycles. The summed E-state index contributed by atoms with van der Waals surface area (Å²) in [6, 6.07) is 17.2. The molecule has 2 unspecified atom stereocenters. The van der Waals surface area contributed by atoms with Crippen molar-refractivity contribution in [2.75, 3.05) is 37.4 Å². The normalized spacial score (nSPS) is 19.6. The van der Waals surface area contributed by atoms with Gasteiger partial charge in [0, 0.05) is 74.0 Å². The van der Waals surface area contributed by atoms with Gasteiger partial charge in [-0.15, -0.1) is 0 Å². The molecule has 2 saturated heterocycles. The quantitative estimate of drug-likeness (QED) is 0.349. The summed E-state index contributed by atoms with van der Waals surface area (Å²) in [5.41, 5.74) is 5.77. The second kappa shape index (κ2) is 10.3. The molecule has 0 amide bonds. The highest BCUT2D eigenvalue weighted by Gasteiger charge is 2.39. The summed E-state index contributed by atoms with van der Waals surface area (Å²) in [5, 5.41) is 10.2. The smallest absolute Gasteiger partial charge is 0.175 e. The van der Waals surface area contributed by atoms with Gasteiger partial charge in [0.2, 0.25) is 0 Å². The monoisotopic (exact) mass is 562 g/mol. The number of aryl methyl sites for hydroxylation is 2. The Morgan fingerprint density at radius 1 is 1.00 bits per heavy atom. The summed E-state index contributed by atoms with van der Waals surface area (Å²) >= 11 is 0. The molecular weight excluding hydrogens is 527 g/mol. The van der Waals surface area contributed by atoms with Gasteiger partial charge in [0.05, 0.1) is 21.8 Å². The zero-order chi connectivity index (χ0) is 28.2. The molecule has 2 aliphatic heterocycles. The number of anilines is 1. The van der Waals surface area contributed by atoms with E-state index in [2.05, 4.69) is 20.4 Å². The number of halogens is 1. The number of pyridine rings is 1. The molecule has 2 fully saturated rings. The van der Waals surface area contributed by atoms with Crippen LogP contribution in [0.1, 0.15) is 25.0 Å². The first kappa shape index (κ1) is 26.9. The lowest BCUT2D eigenvalue weighted by Crippen LogP contribution is -2.54. The second-order valence-corrected chi connectivity index (χ2v) is 13.2. The number of aromatic nitrogens is 2. The van der Waals surface area contributed by atoms with Gasteiger partial charge < -0.3 is 14.6 Å². The predicted octanol–water partition coefficient (Wildman–Crippen LogP) is 4.79. The Kier molecular flexibility index (Phi) is 6.92. The van der Waals surface area contributed by atoms with Crippen LogP contribution in [0.25, 0.3) is 33.4 Å². The summed E-state index contributed by atoms with van der Waals surface area (Å²) in [6.07, 6.45) is 4.23. The zero-order valence-electron chi connectivity index (χ0n) is 23.1. The molecular formula is C31H35FN4O3S. The van der Waals surface area contributed by atoms with Crippen molar-refractivity contribution in [2.45, 2.75) is 43.2 Å². The first-order chi connectivity index (χ1) is 19.1. The van der Waals surface area contributed by atoms with Crippen LogP contribution in [0.5, 0.6) is 0 Å². The number of benzene rings is 2. The minimum atomic E-state index is -3.26. The molecule has 2 atom stereocenters. The number of sulfone groups is 1. The number of rotatable bonds is 7. The van der Waals surface area contributed by atoms with Crippen LogP contribution in [0.3, 0.4) is 0 Å². The van der Waals surface area contributed by atoms with Gasteiger partial charge in [-0.25, -0.2) is 12.8 Å². The summed E-state index contributed by atoms with van der Waals surface area (Å²) < 4.78 is 41.4. The topological polar surface area (TPSA) is 78.7 Å². The fourth-order valence-corrected chi connectivity index (χ4v) is 7.14. The van der Waals surface area contributed by atoms with Crippen LogP contribution >= 0.6 is 0 Å². The first-order valence-electron chi connectivity index (χ1n) is 13.8. The number of piperazine rings is 1.